The molecule has 2 aliphatic rings. The minimum atomic E-state index is -4.17. The lowest BCUT2D eigenvalue weighted by molar-refractivity contribution is -0.144. The van der Waals surface area contributed by atoms with Crippen molar-refractivity contribution in [3.63, 3.8) is 0 Å². The molecule has 2 atom stereocenters. The Balaban J connectivity index is 1.40. The van der Waals surface area contributed by atoms with Gasteiger partial charge in [-0.05, 0) is 54.7 Å². The highest BCUT2D eigenvalue weighted by molar-refractivity contribution is 5.87. The normalized spacial score (nSPS) is 22.4. The van der Waals surface area contributed by atoms with Gasteiger partial charge in [-0.2, -0.15) is 13.2 Å². The minimum absolute atomic E-state index is 0.296. The van der Waals surface area contributed by atoms with E-state index in [0.29, 0.717) is 37.2 Å². The first-order chi connectivity index (χ1) is 17.1. The Labute approximate surface area is 210 Å². The first-order valence-electron chi connectivity index (χ1n) is 12.5. The lowest BCUT2D eigenvalue weighted by Crippen LogP contribution is -2.55. The Morgan fingerprint density at radius 1 is 0.972 bits per heavy atom. The van der Waals surface area contributed by atoms with Crippen molar-refractivity contribution in [3.05, 3.63) is 76.9 Å². The van der Waals surface area contributed by atoms with Crippen molar-refractivity contribution >= 4 is 11.5 Å². The second-order valence-corrected chi connectivity index (χ2v) is 10.1. The average molecular weight is 502 g/mol. The molecule has 5 nitrogen and oxygen atoms in total. The fourth-order valence-electron chi connectivity index (χ4n) is 5.44. The SMILES string of the molecule is C[C@@H]1CN(Cc2ccc(C(=O)O)cc2)C[C@H](C)N1Cc1ccccc1C1=CCN(CC(F)(F)F)CC1. The summed E-state index contributed by atoms with van der Waals surface area (Å²) in [6, 6.07) is 16.0. The lowest BCUT2D eigenvalue weighted by atomic mass is 9.93. The van der Waals surface area contributed by atoms with E-state index in [2.05, 4.69) is 35.8 Å². The highest BCUT2D eigenvalue weighted by Crippen LogP contribution is 2.29. The van der Waals surface area contributed by atoms with Gasteiger partial charge in [0.2, 0.25) is 0 Å². The Morgan fingerprint density at radius 2 is 1.64 bits per heavy atom. The molecule has 1 fully saturated rings. The summed E-state index contributed by atoms with van der Waals surface area (Å²) in [6.07, 6.45) is -1.60. The van der Waals surface area contributed by atoms with E-state index >= 15 is 0 Å². The molecule has 194 valence electrons. The van der Waals surface area contributed by atoms with E-state index in [4.69, 9.17) is 5.11 Å². The van der Waals surface area contributed by atoms with Crippen LogP contribution in [0.5, 0.6) is 0 Å². The molecular formula is C28H34F3N3O2. The van der Waals surface area contributed by atoms with Crippen molar-refractivity contribution in [3.8, 4) is 0 Å². The molecule has 2 heterocycles. The molecule has 1 N–H and O–H groups in total. The van der Waals surface area contributed by atoms with E-state index < -0.39 is 18.7 Å². The van der Waals surface area contributed by atoms with Gasteiger partial charge in [0.15, 0.2) is 0 Å². The van der Waals surface area contributed by atoms with E-state index in [1.807, 2.05) is 30.3 Å². The van der Waals surface area contributed by atoms with Crippen molar-refractivity contribution < 1.29 is 23.1 Å². The number of halogens is 3. The van der Waals surface area contributed by atoms with Gasteiger partial charge in [-0.25, -0.2) is 4.79 Å². The third-order valence-corrected chi connectivity index (χ3v) is 7.20. The van der Waals surface area contributed by atoms with E-state index in [1.54, 1.807) is 12.1 Å². The molecule has 0 unspecified atom stereocenters. The molecule has 0 aromatic heterocycles. The number of carbonyl (C=O) groups is 1. The van der Waals surface area contributed by atoms with Crippen LogP contribution in [0.4, 0.5) is 13.2 Å². The predicted molar refractivity (Wildman–Crippen MR) is 135 cm³/mol. The molecule has 1 saturated heterocycles. The summed E-state index contributed by atoms with van der Waals surface area (Å²) in [7, 11) is 0. The van der Waals surface area contributed by atoms with Gasteiger partial charge in [-0.1, -0.05) is 42.5 Å². The van der Waals surface area contributed by atoms with Crippen LogP contribution in [-0.2, 0) is 13.1 Å². The first kappa shape index (κ1) is 26.4. The zero-order chi connectivity index (χ0) is 25.9. The van der Waals surface area contributed by atoms with Gasteiger partial charge in [0.25, 0.3) is 0 Å². The van der Waals surface area contributed by atoms with Crippen LogP contribution < -0.4 is 0 Å². The molecule has 0 amide bonds. The van der Waals surface area contributed by atoms with Crippen LogP contribution in [0.3, 0.4) is 0 Å². The van der Waals surface area contributed by atoms with Crippen LogP contribution in [-0.4, -0.2) is 76.8 Å². The summed E-state index contributed by atoms with van der Waals surface area (Å²) in [5, 5.41) is 9.11. The molecule has 8 heteroatoms. The zero-order valence-electron chi connectivity index (χ0n) is 20.8. The van der Waals surface area contributed by atoms with Crippen molar-refractivity contribution in [1.82, 2.24) is 14.7 Å². The fourth-order valence-corrected chi connectivity index (χ4v) is 5.44. The van der Waals surface area contributed by atoms with Gasteiger partial charge in [-0.15, -0.1) is 0 Å². The third-order valence-electron chi connectivity index (χ3n) is 7.20. The number of rotatable bonds is 7. The highest BCUT2D eigenvalue weighted by atomic mass is 19.4. The maximum absolute atomic E-state index is 12.8. The van der Waals surface area contributed by atoms with Crippen molar-refractivity contribution in [1.29, 1.82) is 0 Å². The molecule has 0 bridgehead atoms. The number of hydrogen-bond donors (Lipinski definition) is 1. The van der Waals surface area contributed by atoms with Gasteiger partial charge in [-0.3, -0.25) is 14.7 Å². The summed E-state index contributed by atoms with van der Waals surface area (Å²) in [5.74, 6) is -0.916. The molecule has 0 spiro atoms. The fraction of sp³-hybridized carbons (Fsp3) is 0.464. The van der Waals surface area contributed by atoms with Crippen molar-refractivity contribution in [2.45, 2.75) is 51.6 Å². The average Bonchev–Trinajstić information content (AvgIpc) is 2.82. The topological polar surface area (TPSA) is 47.0 Å². The lowest BCUT2D eigenvalue weighted by Gasteiger charge is -2.45. The van der Waals surface area contributed by atoms with E-state index in [1.165, 1.54) is 10.5 Å². The first-order valence-corrected chi connectivity index (χ1v) is 12.5. The molecule has 0 radical (unpaired) electrons. The number of benzene rings is 2. The van der Waals surface area contributed by atoms with Crippen molar-refractivity contribution in [2.24, 2.45) is 0 Å². The summed E-state index contributed by atoms with van der Waals surface area (Å²) in [6.45, 7) is 7.72. The van der Waals surface area contributed by atoms with E-state index in [9.17, 15) is 18.0 Å². The maximum Gasteiger partial charge on any atom is 0.401 e. The van der Waals surface area contributed by atoms with E-state index in [0.717, 1.165) is 42.9 Å². The van der Waals surface area contributed by atoms with Crippen LogP contribution >= 0.6 is 0 Å². The van der Waals surface area contributed by atoms with Crippen LogP contribution in [0.2, 0.25) is 0 Å². The summed E-state index contributed by atoms with van der Waals surface area (Å²) in [4.78, 5) is 17.5. The monoisotopic (exact) mass is 501 g/mol. The molecule has 2 aromatic carbocycles. The van der Waals surface area contributed by atoms with Crippen LogP contribution in [0.1, 0.15) is 47.3 Å². The van der Waals surface area contributed by atoms with Gasteiger partial charge in [0.1, 0.15) is 0 Å². The predicted octanol–water partition coefficient (Wildman–Crippen LogP) is 5.13. The summed E-state index contributed by atoms with van der Waals surface area (Å²) < 4.78 is 38.3. The number of carboxylic acids is 1. The quantitative estimate of drug-likeness (QED) is 0.570. The Kier molecular flexibility index (Phi) is 8.17. The number of nitrogens with zero attached hydrogens (tertiary/aromatic N) is 3. The standard InChI is InChI=1S/C28H34F3N3O2/c1-20-15-33(17-22-7-9-24(10-8-22)27(35)36)16-21(2)34(20)18-25-5-3-4-6-26(25)23-11-13-32(14-12-23)19-28(29,30)31/h3-11,20-21H,12-19H2,1-2H3,(H,35,36)/t20-,21+. The summed E-state index contributed by atoms with van der Waals surface area (Å²) >= 11 is 0. The Bertz CT molecular complexity index is 1070. The van der Waals surface area contributed by atoms with E-state index in [-0.39, 0.29) is 0 Å². The molecule has 36 heavy (non-hydrogen) atoms. The summed E-state index contributed by atoms with van der Waals surface area (Å²) in [5.41, 5.74) is 4.88. The molecule has 4 rings (SSSR count). The molecular weight excluding hydrogens is 467 g/mol. The van der Waals surface area contributed by atoms with Crippen LogP contribution in [0.25, 0.3) is 5.57 Å². The van der Waals surface area contributed by atoms with Gasteiger partial charge in [0.05, 0.1) is 12.1 Å². The number of aromatic carboxylic acids is 1. The van der Waals surface area contributed by atoms with Crippen molar-refractivity contribution in [2.75, 3.05) is 32.7 Å². The Hall–Kier alpha value is -2.68. The maximum atomic E-state index is 12.8. The van der Waals surface area contributed by atoms with Crippen LogP contribution in [0, 0.1) is 0 Å². The largest absolute Gasteiger partial charge is 0.478 e. The van der Waals surface area contributed by atoms with Gasteiger partial charge >= 0.3 is 12.1 Å². The van der Waals surface area contributed by atoms with Crippen LogP contribution in [0.15, 0.2) is 54.6 Å². The van der Waals surface area contributed by atoms with Gasteiger partial charge < -0.3 is 5.11 Å². The number of alkyl halides is 3. The molecule has 2 aliphatic heterocycles. The molecule has 0 aliphatic carbocycles. The zero-order valence-corrected chi connectivity index (χ0v) is 20.8. The molecule has 2 aromatic rings. The minimum Gasteiger partial charge on any atom is -0.478 e. The number of carboxylic acid groups (broad SMARTS) is 1. The number of hydrogen-bond acceptors (Lipinski definition) is 4. The molecule has 0 saturated carbocycles. The second kappa shape index (κ2) is 11.2. The number of piperazine rings is 1. The Morgan fingerprint density at radius 3 is 2.22 bits per heavy atom. The highest BCUT2D eigenvalue weighted by Gasteiger charge is 2.32. The smallest absolute Gasteiger partial charge is 0.401 e. The third kappa shape index (κ3) is 6.75. The second-order valence-electron chi connectivity index (χ2n) is 10.1. The van der Waals surface area contributed by atoms with Gasteiger partial charge in [0, 0.05) is 51.4 Å².